The summed E-state index contributed by atoms with van der Waals surface area (Å²) in [6, 6.07) is 5.07. The monoisotopic (exact) mass is 407 g/mol. The maximum absolute atomic E-state index is 12.6. The molecule has 0 spiro atoms. The standard InChI is InChI=1S/C20H27F2N5O2/c1-23-20(27-9-7-15(13-27)16-11-25-26(2)12-16)24-8-6-14-4-5-17(28-3)18(10-14)29-19(21)22/h4-5,10-12,15,19H,6-9,13H2,1-3H3,(H,23,24). The van der Waals surface area contributed by atoms with E-state index >= 15 is 0 Å². The number of likely N-dealkylation sites (tertiary alicyclic amines) is 1. The normalized spacial score (nSPS) is 17.1. The van der Waals surface area contributed by atoms with Crippen LogP contribution in [0.4, 0.5) is 8.78 Å². The number of methoxy groups -OCH3 is 1. The summed E-state index contributed by atoms with van der Waals surface area (Å²) in [6.45, 7) is -0.450. The van der Waals surface area contributed by atoms with Crippen LogP contribution >= 0.6 is 0 Å². The number of nitrogens with one attached hydrogen (secondary N) is 1. The Labute approximate surface area is 169 Å². The highest BCUT2D eigenvalue weighted by Crippen LogP contribution is 2.30. The number of aliphatic imine (C=N–C) groups is 1. The molecule has 0 radical (unpaired) electrons. The van der Waals surface area contributed by atoms with Gasteiger partial charge in [-0.2, -0.15) is 13.9 Å². The molecule has 1 aromatic carbocycles. The van der Waals surface area contributed by atoms with E-state index in [9.17, 15) is 8.78 Å². The maximum Gasteiger partial charge on any atom is 0.387 e. The van der Waals surface area contributed by atoms with Crippen molar-refractivity contribution in [2.24, 2.45) is 12.0 Å². The first kappa shape index (κ1) is 20.9. The minimum atomic E-state index is -2.89. The number of hydrogen-bond acceptors (Lipinski definition) is 4. The fourth-order valence-electron chi connectivity index (χ4n) is 3.59. The maximum atomic E-state index is 12.6. The molecular weight excluding hydrogens is 380 g/mol. The van der Waals surface area contributed by atoms with Gasteiger partial charge in [0, 0.05) is 45.8 Å². The van der Waals surface area contributed by atoms with Gasteiger partial charge in [-0.25, -0.2) is 0 Å². The molecule has 1 aliphatic rings. The minimum Gasteiger partial charge on any atom is -0.493 e. The molecular formula is C20H27F2N5O2. The van der Waals surface area contributed by atoms with Crippen molar-refractivity contribution in [3.63, 3.8) is 0 Å². The van der Waals surface area contributed by atoms with Gasteiger partial charge in [-0.15, -0.1) is 0 Å². The summed E-state index contributed by atoms with van der Waals surface area (Å²) in [5.74, 6) is 1.62. The first-order valence-electron chi connectivity index (χ1n) is 9.56. The minimum absolute atomic E-state index is 0.0447. The lowest BCUT2D eigenvalue weighted by Gasteiger charge is -2.21. The van der Waals surface area contributed by atoms with Gasteiger partial charge < -0.3 is 19.7 Å². The molecule has 0 saturated carbocycles. The van der Waals surface area contributed by atoms with Crippen molar-refractivity contribution in [1.29, 1.82) is 0 Å². The fraction of sp³-hybridized carbons (Fsp3) is 0.500. The first-order valence-corrected chi connectivity index (χ1v) is 9.56. The number of halogens is 2. The number of aryl methyl sites for hydroxylation is 1. The van der Waals surface area contributed by atoms with Crippen molar-refractivity contribution < 1.29 is 18.3 Å². The number of hydrogen-bond donors (Lipinski definition) is 1. The van der Waals surface area contributed by atoms with Gasteiger partial charge in [0.25, 0.3) is 0 Å². The van der Waals surface area contributed by atoms with Gasteiger partial charge in [-0.1, -0.05) is 6.07 Å². The van der Waals surface area contributed by atoms with E-state index in [-0.39, 0.29) is 11.5 Å². The number of nitrogens with zero attached hydrogens (tertiary/aromatic N) is 4. The highest BCUT2D eigenvalue weighted by molar-refractivity contribution is 5.80. The average Bonchev–Trinajstić information content (AvgIpc) is 3.34. The molecule has 1 aliphatic heterocycles. The molecule has 1 saturated heterocycles. The van der Waals surface area contributed by atoms with Crippen molar-refractivity contribution >= 4 is 5.96 Å². The molecule has 3 rings (SSSR count). The summed E-state index contributed by atoms with van der Waals surface area (Å²) in [5, 5.41) is 7.62. The van der Waals surface area contributed by atoms with E-state index in [2.05, 4.69) is 31.2 Å². The number of benzene rings is 1. The van der Waals surface area contributed by atoms with Gasteiger partial charge in [-0.3, -0.25) is 9.67 Å². The van der Waals surface area contributed by atoms with Gasteiger partial charge in [0.1, 0.15) is 0 Å². The largest absolute Gasteiger partial charge is 0.493 e. The predicted octanol–water partition coefficient (Wildman–Crippen LogP) is 2.64. The van der Waals surface area contributed by atoms with E-state index in [0.717, 1.165) is 31.0 Å². The molecule has 2 aromatic rings. The van der Waals surface area contributed by atoms with Crippen LogP contribution < -0.4 is 14.8 Å². The molecule has 1 aromatic heterocycles. The third-order valence-corrected chi connectivity index (χ3v) is 5.04. The van der Waals surface area contributed by atoms with E-state index < -0.39 is 6.61 Å². The van der Waals surface area contributed by atoms with Crippen molar-refractivity contribution in [1.82, 2.24) is 20.0 Å². The molecule has 1 N–H and O–H groups in total. The molecule has 1 fully saturated rings. The lowest BCUT2D eigenvalue weighted by molar-refractivity contribution is -0.0512. The molecule has 0 bridgehead atoms. The molecule has 2 heterocycles. The lowest BCUT2D eigenvalue weighted by atomic mass is 10.0. The Hall–Kier alpha value is -2.84. The molecule has 158 valence electrons. The molecule has 1 atom stereocenters. The Balaban J connectivity index is 1.54. The van der Waals surface area contributed by atoms with E-state index in [4.69, 9.17) is 4.74 Å². The van der Waals surface area contributed by atoms with Crippen LogP contribution in [0.5, 0.6) is 11.5 Å². The molecule has 1 unspecified atom stereocenters. The SMILES string of the molecule is CN=C(NCCc1ccc(OC)c(OC(F)F)c1)N1CCC(c2cnn(C)c2)C1. The Morgan fingerprint density at radius 2 is 2.21 bits per heavy atom. The molecule has 0 aliphatic carbocycles. The van der Waals surface area contributed by atoms with E-state index in [1.54, 1.807) is 19.2 Å². The van der Waals surface area contributed by atoms with Crippen LogP contribution in [0.3, 0.4) is 0 Å². The van der Waals surface area contributed by atoms with Crippen molar-refractivity contribution in [3.05, 3.63) is 41.7 Å². The summed E-state index contributed by atoms with van der Waals surface area (Å²) in [7, 11) is 5.11. The Morgan fingerprint density at radius 1 is 1.38 bits per heavy atom. The van der Waals surface area contributed by atoms with Crippen molar-refractivity contribution in [2.45, 2.75) is 25.4 Å². The zero-order valence-electron chi connectivity index (χ0n) is 16.9. The van der Waals surface area contributed by atoms with Gasteiger partial charge in [0.15, 0.2) is 17.5 Å². The third kappa shape index (κ3) is 5.36. The number of rotatable bonds is 7. The number of guanidine groups is 1. The van der Waals surface area contributed by atoms with Gasteiger partial charge >= 0.3 is 6.61 Å². The highest BCUT2D eigenvalue weighted by atomic mass is 19.3. The molecule has 29 heavy (non-hydrogen) atoms. The highest BCUT2D eigenvalue weighted by Gasteiger charge is 2.26. The zero-order chi connectivity index (χ0) is 20.8. The van der Waals surface area contributed by atoms with Crippen LogP contribution in [0.15, 0.2) is 35.6 Å². The zero-order valence-corrected chi connectivity index (χ0v) is 16.9. The quantitative estimate of drug-likeness (QED) is 0.565. The van der Waals surface area contributed by atoms with E-state index in [0.29, 0.717) is 18.9 Å². The Kier molecular flexibility index (Phi) is 6.90. The van der Waals surface area contributed by atoms with Gasteiger partial charge in [0.05, 0.1) is 13.3 Å². The summed E-state index contributed by atoms with van der Waals surface area (Å²) in [6.07, 6.45) is 5.68. The number of ether oxygens (including phenoxy) is 2. The van der Waals surface area contributed by atoms with Crippen molar-refractivity contribution in [2.75, 3.05) is 33.8 Å². The van der Waals surface area contributed by atoms with Crippen molar-refractivity contribution in [3.8, 4) is 11.5 Å². The summed E-state index contributed by atoms with van der Waals surface area (Å²) < 4.78 is 36.6. The van der Waals surface area contributed by atoms with Crippen LogP contribution in [0.1, 0.15) is 23.5 Å². The fourth-order valence-corrected chi connectivity index (χ4v) is 3.59. The van der Waals surface area contributed by atoms with Gasteiger partial charge in [0.2, 0.25) is 0 Å². The topological polar surface area (TPSA) is 63.9 Å². The number of aromatic nitrogens is 2. The summed E-state index contributed by atoms with van der Waals surface area (Å²) in [5.41, 5.74) is 2.12. The van der Waals surface area contributed by atoms with Crippen LogP contribution in [-0.4, -0.2) is 61.0 Å². The smallest absolute Gasteiger partial charge is 0.387 e. The molecule has 9 heteroatoms. The summed E-state index contributed by atoms with van der Waals surface area (Å²) >= 11 is 0. The predicted molar refractivity (Wildman–Crippen MR) is 107 cm³/mol. The van der Waals surface area contributed by atoms with Crippen LogP contribution in [-0.2, 0) is 13.5 Å². The average molecular weight is 407 g/mol. The second-order valence-corrected chi connectivity index (χ2v) is 6.97. The second-order valence-electron chi connectivity index (χ2n) is 6.97. The van der Waals surface area contributed by atoms with E-state index in [1.165, 1.54) is 12.7 Å². The first-order chi connectivity index (χ1) is 14.0. The van der Waals surface area contributed by atoms with E-state index in [1.807, 2.05) is 24.0 Å². The van der Waals surface area contributed by atoms with Gasteiger partial charge in [-0.05, 0) is 36.1 Å². The Bertz CT molecular complexity index is 840. The van der Waals surface area contributed by atoms with Crippen LogP contribution in [0.25, 0.3) is 0 Å². The number of alkyl halides is 2. The van der Waals surface area contributed by atoms with Crippen LogP contribution in [0, 0.1) is 0 Å². The third-order valence-electron chi connectivity index (χ3n) is 5.04. The Morgan fingerprint density at radius 3 is 2.86 bits per heavy atom. The molecule has 7 nitrogen and oxygen atoms in total. The lowest BCUT2D eigenvalue weighted by Crippen LogP contribution is -2.40. The van der Waals surface area contributed by atoms with Crippen LogP contribution in [0.2, 0.25) is 0 Å². The summed E-state index contributed by atoms with van der Waals surface area (Å²) in [4.78, 5) is 6.62. The molecule has 0 amide bonds. The second kappa shape index (κ2) is 9.58.